The number of anilines is 2. The fraction of sp³-hybridized carbons (Fsp3) is 0.308. The second-order valence-corrected chi connectivity index (χ2v) is 4.41. The molecule has 0 saturated heterocycles. The number of nitrogens with one attached hydrogen (secondary N) is 3. The minimum absolute atomic E-state index is 0.213. The fourth-order valence-electron chi connectivity index (χ4n) is 1.54. The SMILES string of the molecule is CC(=O)Nc1ccc(NC(=O)NC(C(=O)O)C(C)O)cc1. The summed E-state index contributed by atoms with van der Waals surface area (Å²) >= 11 is 0. The lowest BCUT2D eigenvalue weighted by Crippen LogP contribution is -2.49. The molecule has 8 heteroatoms. The number of rotatable bonds is 5. The molecule has 1 aromatic rings. The Kier molecular flexibility index (Phi) is 5.67. The highest BCUT2D eigenvalue weighted by atomic mass is 16.4. The Balaban J connectivity index is 2.62. The van der Waals surface area contributed by atoms with Crippen molar-refractivity contribution in [2.75, 3.05) is 10.6 Å². The Morgan fingerprint density at radius 2 is 1.52 bits per heavy atom. The maximum Gasteiger partial charge on any atom is 0.328 e. The number of aliphatic hydroxyl groups excluding tert-OH is 1. The van der Waals surface area contributed by atoms with Gasteiger partial charge in [0.15, 0.2) is 6.04 Å². The van der Waals surface area contributed by atoms with Crippen molar-refractivity contribution in [2.24, 2.45) is 0 Å². The Morgan fingerprint density at radius 3 is 1.90 bits per heavy atom. The van der Waals surface area contributed by atoms with Crippen LogP contribution in [0.5, 0.6) is 0 Å². The van der Waals surface area contributed by atoms with E-state index in [1.807, 2.05) is 0 Å². The van der Waals surface area contributed by atoms with Crippen molar-refractivity contribution in [2.45, 2.75) is 26.0 Å². The van der Waals surface area contributed by atoms with Crippen LogP contribution < -0.4 is 16.0 Å². The molecule has 0 aliphatic carbocycles. The number of hydrogen-bond acceptors (Lipinski definition) is 4. The molecule has 5 N–H and O–H groups in total. The second kappa shape index (κ2) is 7.25. The molecule has 1 aromatic carbocycles. The number of aliphatic carboxylic acids is 1. The van der Waals surface area contributed by atoms with Gasteiger partial charge in [0.1, 0.15) is 0 Å². The lowest BCUT2D eigenvalue weighted by Gasteiger charge is -2.17. The molecule has 0 radical (unpaired) electrons. The van der Waals surface area contributed by atoms with Gasteiger partial charge in [0.2, 0.25) is 5.91 Å². The predicted molar refractivity (Wildman–Crippen MR) is 76.0 cm³/mol. The molecule has 2 unspecified atom stereocenters. The summed E-state index contributed by atoms with van der Waals surface area (Å²) in [4.78, 5) is 33.3. The Morgan fingerprint density at radius 1 is 1.05 bits per heavy atom. The van der Waals surface area contributed by atoms with Crippen LogP contribution >= 0.6 is 0 Å². The first-order valence-electron chi connectivity index (χ1n) is 6.15. The number of hydrogen-bond donors (Lipinski definition) is 5. The van der Waals surface area contributed by atoms with Crippen LogP contribution in [0.3, 0.4) is 0 Å². The van der Waals surface area contributed by atoms with E-state index in [2.05, 4.69) is 16.0 Å². The van der Waals surface area contributed by atoms with E-state index in [9.17, 15) is 19.5 Å². The van der Waals surface area contributed by atoms with Crippen molar-refractivity contribution in [1.29, 1.82) is 0 Å². The van der Waals surface area contributed by atoms with E-state index in [0.717, 1.165) is 0 Å². The molecule has 0 bridgehead atoms. The molecule has 8 nitrogen and oxygen atoms in total. The number of carboxylic acid groups (broad SMARTS) is 1. The van der Waals surface area contributed by atoms with Crippen molar-refractivity contribution in [3.05, 3.63) is 24.3 Å². The first-order valence-corrected chi connectivity index (χ1v) is 6.15. The first kappa shape index (κ1) is 16.4. The van der Waals surface area contributed by atoms with Gasteiger partial charge in [-0.25, -0.2) is 9.59 Å². The molecule has 0 aromatic heterocycles. The van der Waals surface area contributed by atoms with Crippen LogP contribution in [-0.4, -0.2) is 40.3 Å². The van der Waals surface area contributed by atoms with Gasteiger partial charge in [-0.05, 0) is 31.2 Å². The van der Waals surface area contributed by atoms with E-state index in [4.69, 9.17) is 5.11 Å². The smallest absolute Gasteiger partial charge is 0.328 e. The zero-order chi connectivity index (χ0) is 16.0. The number of carbonyl (C=O) groups is 3. The molecule has 0 aliphatic heterocycles. The molecule has 0 heterocycles. The summed E-state index contributed by atoms with van der Waals surface area (Å²) < 4.78 is 0. The second-order valence-electron chi connectivity index (χ2n) is 4.41. The van der Waals surface area contributed by atoms with Crippen LogP contribution in [-0.2, 0) is 9.59 Å². The van der Waals surface area contributed by atoms with Crippen LogP contribution in [0.2, 0.25) is 0 Å². The molecule has 114 valence electrons. The highest BCUT2D eigenvalue weighted by molar-refractivity contribution is 5.93. The van der Waals surface area contributed by atoms with Crippen molar-refractivity contribution in [3.8, 4) is 0 Å². The van der Waals surface area contributed by atoms with Crippen molar-refractivity contribution in [1.82, 2.24) is 5.32 Å². The third-order valence-electron chi connectivity index (χ3n) is 2.50. The molecule has 0 fully saturated rings. The third kappa shape index (κ3) is 5.49. The summed E-state index contributed by atoms with van der Waals surface area (Å²) in [6.45, 7) is 2.64. The Bertz CT molecular complexity index is 527. The normalized spacial score (nSPS) is 12.9. The molecular weight excluding hydrogens is 278 g/mol. The monoisotopic (exact) mass is 295 g/mol. The fourth-order valence-corrected chi connectivity index (χ4v) is 1.54. The maximum absolute atomic E-state index is 11.6. The van der Waals surface area contributed by atoms with Gasteiger partial charge < -0.3 is 26.2 Å². The number of carboxylic acids is 1. The third-order valence-corrected chi connectivity index (χ3v) is 2.50. The summed E-state index contributed by atoms with van der Waals surface area (Å²) in [5, 5.41) is 25.2. The molecule has 3 amide bonds. The van der Waals surface area contributed by atoms with Gasteiger partial charge >= 0.3 is 12.0 Å². The van der Waals surface area contributed by atoms with E-state index in [1.165, 1.54) is 13.8 Å². The van der Waals surface area contributed by atoms with Gasteiger partial charge in [0.25, 0.3) is 0 Å². The van der Waals surface area contributed by atoms with E-state index in [1.54, 1.807) is 24.3 Å². The standard InChI is InChI=1S/C13H17N3O5/c1-7(17)11(12(19)20)16-13(21)15-10-5-3-9(4-6-10)14-8(2)18/h3-7,11,17H,1-2H3,(H,14,18)(H,19,20)(H2,15,16,21). The summed E-state index contributed by atoms with van der Waals surface area (Å²) in [5.41, 5.74) is 0.984. The highest BCUT2D eigenvalue weighted by Crippen LogP contribution is 2.13. The van der Waals surface area contributed by atoms with Crippen LogP contribution in [0, 0.1) is 0 Å². The molecule has 1 rings (SSSR count). The first-order chi connectivity index (χ1) is 9.79. The quantitative estimate of drug-likeness (QED) is 0.543. The molecule has 0 spiro atoms. The molecular formula is C13H17N3O5. The predicted octanol–water partition coefficient (Wildman–Crippen LogP) is 0.600. The van der Waals surface area contributed by atoms with E-state index >= 15 is 0 Å². The molecule has 21 heavy (non-hydrogen) atoms. The summed E-state index contributed by atoms with van der Waals surface area (Å²) in [7, 11) is 0. The summed E-state index contributed by atoms with van der Waals surface area (Å²) in [6.07, 6.45) is -1.23. The zero-order valence-electron chi connectivity index (χ0n) is 11.6. The molecule has 2 atom stereocenters. The van der Waals surface area contributed by atoms with Gasteiger partial charge in [0, 0.05) is 18.3 Å². The van der Waals surface area contributed by atoms with Crippen LogP contribution in [0.15, 0.2) is 24.3 Å². The topological polar surface area (TPSA) is 128 Å². The van der Waals surface area contributed by atoms with Gasteiger partial charge in [-0.15, -0.1) is 0 Å². The van der Waals surface area contributed by atoms with E-state index in [-0.39, 0.29) is 5.91 Å². The Hall–Kier alpha value is -2.61. The molecule has 0 saturated carbocycles. The summed E-state index contributed by atoms with van der Waals surface area (Å²) in [5.74, 6) is -1.55. The maximum atomic E-state index is 11.6. The summed E-state index contributed by atoms with van der Waals surface area (Å²) in [6, 6.07) is 4.10. The number of urea groups is 1. The van der Waals surface area contributed by atoms with Crippen LogP contribution in [0.25, 0.3) is 0 Å². The number of amides is 3. The average molecular weight is 295 g/mol. The van der Waals surface area contributed by atoms with Gasteiger partial charge in [-0.2, -0.15) is 0 Å². The minimum atomic E-state index is -1.40. The van der Waals surface area contributed by atoms with Crippen molar-refractivity contribution >= 4 is 29.3 Å². The highest BCUT2D eigenvalue weighted by Gasteiger charge is 2.24. The van der Waals surface area contributed by atoms with Crippen molar-refractivity contribution < 1.29 is 24.6 Å². The van der Waals surface area contributed by atoms with Crippen LogP contribution in [0.4, 0.5) is 16.2 Å². The zero-order valence-corrected chi connectivity index (χ0v) is 11.6. The number of aliphatic hydroxyl groups is 1. The van der Waals surface area contributed by atoms with E-state index in [0.29, 0.717) is 11.4 Å². The van der Waals surface area contributed by atoms with Crippen molar-refractivity contribution in [3.63, 3.8) is 0 Å². The van der Waals surface area contributed by atoms with Gasteiger partial charge in [0.05, 0.1) is 6.10 Å². The van der Waals surface area contributed by atoms with Gasteiger partial charge in [-0.3, -0.25) is 4.79 Å². The lowest BCUT2D eigenvalue weighted by molar-refractivity contribution is -0.141. The van der Waals surface area contributed by atoms with Crippen LogP contribution in [0.1, 0.15) is 13.8 Å². The molecule has 0 aliphatic rings. The van der Waals surface area contributed by atoms with Gasteiger partial charge in [-0.1, -0.05) is 0 Å². The van der Waals surface area contributed by atoms with E-state index < -0.39 is 24.1 Å². The average Bonchev–Trinajstić information content (AvgIpc) is 2.37. The lowest BCUT2D eigenvalue weighted by atomic mass is 10.2. The minimum Gasteiger partial charge on any atom is -0.480 e. The largest absolute Gasteiger partial charge is 0.480 e. The Labute approximate surface area is 121 Å². The number of benzene rings is 1. The number of carbonyl (C=O) groups excluding carboxylic acids is 2.